The molecule has 1 saturated carbocycles. The number of nitrogens with zero attached hydrogens (tertiary/aromatic N) is 2. The average molecular weight is 293 g/mol. The summed E-state index contributed by atoms with van der Waals surface area (Å²) in [6, 6.07) is -0.229. The van der Waals surface area contributed by atoms with Crippen LogP contribution in [0.4, 0.5) is 5.82 Å². The fourth-order valence-electron chi connectivity index (χ4n) is 2.81. The number of hydrogen-bond acceptors (Lipinski definition) is 4. The van der Waals surface area contributed by atoms with E-state index in [-0.39, 0.29) is 23.0 Å². The number of carbonyl (C=O) groups is 1. The highest BCUT2D eigenvalue weighted by molar-refractivity contribution is 5.71. The normalized spacial score (nSPS) is 22.8. The number of aromatic nitrogens is 2. The first-order valence-corrected chi connectivity index (χ1v) is 7.38. The minimum absolute atomic E-state index is 0.209. The van der Waals surface area contributed by atoms with E-state index in [0.29, 0.717) is 6.42 Å². The van der Waals surface area contributed by atoms with E-state index in [1.165, 1.54) is 0 Å². The third kappa shape index (κ3) is 3.43. The van der Waals surface area contributed by atoms with Crippen molar-refractivity contribution in [2.45, 2.75) is 58.0 Å². The monoisotopic (exact) mass is 293 g/mol. The van der Waals surface area contributed by atoms with Crippen LogP contribution in [0.5, 0.6) is 0 Å². The molecule has 1 fully saturated rings. The summed E-state index contributed by atoms with van der Waals surface area (Å²) >= 11 is 0. The van der Waals surface area contributed by atoms with Gasteiger partial charge in [-0.25, -0.2) is 4.98 Å². The quantitative estimate of drug-likeness (QED) is 0.891. The molecule has 1 aliphatic rings. The highest BCUT2D eigenvalue weighted by atomic mass is 16.4. The molecular weight excluding hydrogens is 270 g/mol. The summed E-state index contributed by atoms with van der Waals surface area (Å²) in [7, 11) is 0. The molecule has 0 aliphatic heterocycles. The van der Waals surface area contributed by atoms with Gasteiger partial charge < -0.3 is 15.0 Å². The molecule has 2 N–H and O–H groups in total. The fraction of sp³-hybridized carbons (Fsp3) is 0.667. The van der Waals surface area contributed by atoms with E-state index in [0.717, 1.165) is 19.3 Å². The molecule has 1 aromatic heterocycles. The van der Waals surface area contributed by atoms with Gasteiger partial charge in [0.1, 0.15) is 0 Å². The summed E-state index contributed by atoms with van der Waals surface area (Å²) < 4.78 is 1.61. The maximum absolute atomic E-state index is 12.5. The molecule has 2 atom stereocenters. The van der Waals surface area contributed by atoms with Crippen molar-refractivity contribution in [3.63, 3.8) is 0 Å². The van der Waals surface area contributed by atoms with Crippen LogP contribution in [0.3, 0.4) is 0 Å². The van der Waals surface area contributed by atoms with E-state index in [2.05, 4.69) is 10.3 Å². The Hall–Kier alpha value is -1.85. The van der Waals surface area contributed by atoms with Crippen LogP contribution in [0.2, 0.25) is 0 Å². The van der Waals surface area contributed by atoms with Gasteiger partial charge in [-0.15, -0.1) is 0 Å². The van der Waals surface area contributed by atoms with Gasteiger partial charge in [0, 0.05) is 24.0 Å². The van der Waals surface area contributed by atoms with Crippen molar-refractivity contribution in [3.8, 4) is 0 Å². The van der Waals surface area contributed by atoms with Crippen LogP contribution in [0.1, 0.15) is 46.5 Å². The molecule has 1 aliphatic carbocycles. The maximum atomic E-state index is 12.5. The standard InChI is InChI=1S/C15H23N3O3/c1-15(2,3)18-9-8-16-12(13(18)19)17-11-7-5-4-6-10(11)14(20)21/h8-11H,4-7H2,1-3H3,(H,16,17)(H,20,21). The van der Waals surface area contributed by atoms with Gasteiger partial charge in [-0.3, -0.25) is 9.59 Å². The predicted octanol–water partition coefficient (Wildman–Crippen LogP) is 2.05. The van der Waals surface area contributed by atoms with Crippen molar-refractivity contribution in [3.05, 3.63) is 22.7 Å². The van der Waals surface area contributed by atoms with Crippen LogP contribution < -0.4 is 10.9 Å². The lowest BCUT2D eigenvalue weighted by Gasteiger charge is -2.30. The smallest absolute Gasteiger partial charge is 0.308 e. The maximum Gasteiger partial charge on any atom is 0.308 e. The number of aliphatic carboxylic acids is 1. The van der Waals surface area contributed by atoms with Gasteiger partial charge in [0.25, 0.3) is 5.56 Å². The molecule has 116 valence electrons. The molecule has 6 heteroatoms. The summed E-state index contributed by atoms with van der Waals surface area (Å²) in [6.07, 6.45) is 6.53. The Bertz CT molecular complexity index is 574. The van der Waals surface area contributed by atoms with Gasteiger partial charge in [-0.1, -0.05) is 12.8 Å². The van der Waals surface area contributed by atoms with Gasteiger partial charge in [0.2, 0.25) is 0 Å². The molecule has 0 amide bonds. The van der Waals surface area contributed by atoms with Crippen molar-refractivity contribution in [2.24, 2.45) is 5.92 Å². The largest absolute Gasteiger partial charge is 0.481 e. The second-order valence-corrected chi connectivity index (χ2v) is 6.60. The Morgan fingerprint density at radius 1 is 1.38 bits per heavy atom. The van der Waals surface area contributed by atoms with Crippen LogP contribution >= 0.6 is 0 Å². The van der Waals surface area contributed by atoms with E-state index in [9.17, 15) is 14.7 Å². The number of hydrogen-bond donors (Lipinski definition) is 2. The van der Waals surface area contributed by atoms with Crippen molar-refractivity contribution >= 4 is 11.8 Å². The van der Waals surface area contributed by atoms with Crippen LogP contribution in [0, 0.1) is 5.92 Å². The predicted molar refractivity (Wildman–Crippen MR) is 80.5 cm³/mol. The molecule has 6 nitrogen and oxygen atoms in total. The van der Waals surface area contributed by atoms with Crippen LogP contribution in [-0.2, 0) is 10.3 Å². The minimum Gasteiger partial charge on any atom is -0.481 e. The van der Waals surface area contributed by atoms with Crippen molar-refractivity contribution in [2.75, 3.05) is 5.32 Å². The highest BCUT2D eigenvalue weighted by Gasteiger charge is 2.31. The van der Waals surface area contributed by atoms with Crippen LogP contribution in [-0.4, -0.2) is 26.7 Å². The number of rotatable bonds is 3. The third-order valence-electron chi connectivity index (χ3n) is 3.97. The Kier molecular flexibility index (Phi) is 4.34. The Balaban J connectivity index is 2.27. The SMILES string of the molecule is CC(C)(C)n1ccnc(NC2CCCCC2C(=O)O)c1=O. The molecule has 0 spiro atoms. The summed E-state index contributed by atoms with van der Waals surface area (Å²) in [5.41, 5.74) is -0.547. The minimum atomic E-state index is -0.806. The number of carboxylic acid groups (broad SMARTS) is 1. The molecule has 0 bridgehead atoms. The second kappa shape index (κ2) is 5.87. The number of anilines is 1. The molecule has 21 heavy (non-hydrogen) atoms. The molecule has 0 aromatic carbocycles. The average Bonchev–Trinajstić information content (AvgIpc) is 2.40. The van der Waals surface area contributed by atoms with Crippen LogP contribution in [0.25, 0.3) is 0 Å². The molecule has 0 radical (unpaired) electrons. The summed E-state index contributed by atoms with van der Waals surface area (Å²) in [6.45, 7) is 5.83. The molecule has 1 heterocycles. The van der Waals surface area contributed by atoms with E-state index < -0.39 is 11.9 Å². The van der Waals surface area contributed by atoms with Gasteiger partial charge in [0.05, 0.1) is 5.92 Å². The van der Waals surface area contributed by atoms with E-state index >= 15 is 0 Å². The summed E-state index contributed by atoms with van der Waals surface area (Å²) in [5.74, 6) is -1.02. The van der Waals surface area contributed by atoms with Gasteiger partial charge in [0.15, 0.2) is 5.82 Å². The summed E-state index contributed by atoms with van der Waals surface area (Å²) in [5, 5.41) is 12.4. The number of nitrogens with one attached hydrogen (secondary N) is 1. The van der Waals surface area contributed by atoms with Gasteiger partial charge in [-0.05, 0) is 33.6 Å². The fourth-order valence-corrected chi connectivity index (χ4v) is 2.81. The first-order chi connectivity index (χ1) is 9.80. The topological polar surface area (TPSA) is 84.2 Å². The van der Waals surface area contributed by atoms with Gasteiger partial charge >= 0.3 is 5.97 Å². The molecule has 0 saturated heterocycles. The lowest BCUT2D eigenvalue weighted by atomic mass is 9.84. The Morgan fingerprint density at radius 2 is 2.05 bits per heavy atom. The van der Waals surface area contributed by atoms with Crippen molar-refractivity contribution in [1.82, 2.24) is 9.55 Å². The molecular formula is C15H23N3O3. The zero-order valence-corrected chi connectivity index (χ0v) is 12.8. The lowest BCUT2D eigenvalue weighted by molar-refractivity contribution is -0.143. The highest BCUT2D eigenvalue weighted by Crippen LogP contribution is 2.26. The van der Waals surface area contributed by atoms with E-state index in [4.69, 9.17) is 0 Å². The van der Waals surface area contributed by atoms with E-state index in [1.54, 1.807) is 17.0 Å². The molecule has 2 rings (SSSR count). The number of carboxylic acids is 1. The molecule has 1 aromatic rings. The molecule has 2 unspecified atom stereocenters. The van der Waals surface area contributed by atoms with Crippen LogP contribution in [0.15, 0.2) is 17.2 Å². The van der Waals surface area contributed by atoms with Crippen molar-refractivity contribution < 1.29 is 9.90 Å². The summed E-state index contributed by atoms with van der Waals surface area (Å²) in [4.78, 5) is 27.9. The first-order valence-electron chi connectivity index (χ1n) is 7.38. The first kappa shape index (κ1) is 15.5. The lowest BCUT2D eigenvalue weighted by Crippen LogP contribution is -2.41. The van der Waals surface area contributed by atoms with Gasteiger partial charge in [-0.2, -0.15) is 0 Å². The zero-order valence-electron chi connectivity index (χ0n) is 12.8. The van der Waals surface area contributed by atoms with E-state index in [1.807, 2.05) is 20.8 Å². The van der Waals surface area contributed by atoms with Crippen molar-refractivity contribution in [1.29, 1.82) is 0 Å². The Labute approximate surface area is 124 Å². The second-order valence-electron chi connectivity index (χ2n) is 6.60. The third-order valence-corrected chi connectivity index (χ3v) is 3.97. The zero-order chi connectivity index (χ0) is 15.6. The Morgan fingerprint density at radius 3 is 2.67 bits per heavy atom.